The molecule has 1 N–H and O–H groups in total. The van der Waals surface area contributed by atoms with E-state index in [0.29, 0.717) is 13.0 Å². The van der Waals surface area contributed by atoms with Crippen LogP contribution in [0.1, 0.15) is 32.8 Å². The molecule has 22 heavy (non-hydrogen) atoms. The Kier molecular flexibility index (Phi) is 4.64. The minimum absolute atomic E-state index is 0.0287. The zero-order valence-electron chi connectivity index (χ0n) is 13.6. The molecule has 0 aliphatic heterocycles. The van der Waals surface area contributed by atoms with Crippen LogP contribution in [-0.4, -0.2) is 28.0 Å². The molecule has 0 aliphatic rings. The van der Waals surface area contributed by atoms with Crippen molar-refractivity contribution >= 4 is 22.6 Å². The van der Waals surface area contributed by atoms with Gasteiger partial charge in [0, 0.05) is 17.2 Å². The van der Waals surface area contributed by atoms with Crippen LogP contribution in [0.3, 0.4) is 0 Å². The molecule has 1 amide bonds. The fraction of sp³-hybridized carbons (Fsp3) is 0.471. The molecule has 0 unspecified atom stereocenters. The second kappa shape index (κ2) is 6.30. The van der Waals surface area contributed by atoms with Crippen LogP contribution < -0.4 is 5.32 Å². The third kappa shape index (κ3) is 3.72. The Balaban J connectivity index is 1.91. The molecular weight excluding hydrogens is 278 g/mol. The van der Waals surface area contributed by atoms with Gasteiger partial charge in [-0.15, -0.1) is 0 Å². The highest BCUT2D eigenvalue weighted by Gasteiger charge is 2.21. The van der Waals surface area contributed by atoms with E-state index < -0.39 is 5.41 Å². The summed E-state index contributed by atoms with van der Waals surface area (Å²) in [5.41, 5.74) is 1.77. The van der Waals surface area contributed by atoms with Crippen molar-refractivity contribution in [3.05, 3.63) is 30.0 Å². The number of benzene rings is 1. The molecule has 0 bridgehead atoms. The van der Waals surface area contributed by atoms with E-state index >= 15 is 0 Å². The molecule has 0 saturated carbocycles. The van der Waals surface area contributed by atoms with E-state index in [-0.39, 0.29) is 18.2 Å². The summed E-state index contributed by atoms with van der Waals surface area (Å²) in [5.74, 6) is -0.102. The highest BCUT2D eigenvalue weighted by Crippen LogP contribution is 2.17. The molecule has 0 atom stereocenters. The van der Waals surface area contributed by atoms with E-state index in [2.05, 4.69) is 10.4 Å². The van der Waals surface area contributed by atoms with Crippen LogP contribution >= 0.6 is 0 Å². The summed E-state index contributed by atoms with van der Waals surface area (Å²) in [6.45, 7) is 8.17. The minimum atomic E-state index is -0.428. The normalized spacial score (nSPS) is 11.6. The summed E-state index contributed by atoms with van der Waals surface area (Å²) < 4.78 is 1.83. The third-order valence-corrected chi connectivity index (χ3v) is 3.74. The lowest BCUT2D eigenvalue weighted by atomic mass is 9.91. The molecule has 1 heterocycles. The average molecular weight is 301 g/mol. The number of ketones is 1. The number of carbonyl (C=O) groups excluding carboxylic acids is 2. The number of nitrogens with zero attached hydrogens (tertiary/aromatic N) is 2. The molecule has 5 nitrogen and oxygen atoms in total. The van der Waals surface area contributed by atoms with E-state index in [1.54, 1.807) is 0 Å². The number of rotatable bonds is 5. The van der Waals surface area contributed by atoms with E-state index in [9.17, 15) is 9.59 Å². The van der Waals surface area contributed by atoms with Crippen LogP contribution in [0, 0.1) is 12.3 Å². The Morgan fingerprint density at radius 1 is 1.27 bits per heavy atom. The molecular formula is C17H23N3O2. The lowest BCUT2D eigenvalue weighted by Crippen LogP contribution is -2.35. The summed E-state index contributed by atoms with van der Waals surface area (Å²) in [6.07, 6.45) is 2.13. The van der Waals surface area contributed by atoms with Crippen LogP contribution in [0.4, 0.5) is 0 Å². The SMILES string of the molecule is Cc1cccc2c1cnn2CCC(=O)NCC(=O)C(C)(C)C. The van der Waals surface area contributed by atoms with E-state index in [0.717, 1.165) is 10.9 Å². The topological polar surface area (TPSA) is 64.0 Å². The lowest BCUT2D eigenvalue weighted by Gasteiger charge is -2.16. The first-order valence-electron chi connectivity index (χ1n) is 7.50. The van der Waals surface area contributed by atoms with Crippen LogP contribution in [0.25, 0.3) is 10.9 Å². The monoisotopic (exact) mass is 301 g/mol. The smallest absolute Gasteiger partial charge is 0.222 e. The van der Waals surface area contributed by atoms with E-state index in [1.165, 1.54) is 5.56 Å². The first-order chi connectivity index (χ1) is 10.3. The summed E-state index contributed by atoms with van der Waals surface area (Å²) in [4.78, 5) is 23.7. The second-order valence-electron chi connectivity index (χ2n) is 6.58. The van der Waals surface area contributed by atoms with Gasteiger partial charge in [-0.3, -0.25) is 14.3 Å². The second-order valence-corrected chi connectivity index (χ2v) is 6.58. The van der Waals surface area contributed by atoms with Crippen molar-refractivity contribution in [1.29, 1.82) is 0 Å². The number of nitrogens with one attached hydrogen (secondary N) is 1. The van der Waals surface area contributed by atoms with Gasteiger partial charge in [0.15, 0.2) is 5.78 Å². The standard InChI is InChI=1S/C17H23N3O2/c1-12-6-5-7-14-13(12)10-19-20(14)9-8-16(22)18-11-15(21)17(2,3)4/h5-7,10H,8-9,11H2,1-4H3,(H,18,22). The average Bonchev–Trinajstić information content (AvgIpc) is 2.86. The minimum Gasteiger partial charge on any atom is -0.349 e. The van der Waals surface area contributed by atoms with Crippen LogP contribution in [0.2, 0.25) is 0 Å². The Morgan fingerprint density at radius 2 is 2.00 bits per heavy atom. The van der Waals surface area contributed by atoms with Gasteiger partial charge in [0.05, 0.1) is 24.8 Å². The predicted octanol–water partition coefficient (Wildman–Crippen LogP) is 2.47. The quantitative estimate of drug-likeness (QED) is 0.922. The van der Waals surface area contributed by atoms with Gasteiger partial charge >= 0.3 is 0 Å². The van der Waals surface area contributed by atoms with Gasteiger partial charge in [0.1, 0.15) is 0 Å². The van der Waals surface area contributed by atoms with Crippen molar-refractivity contribution in [1.82, 2.24) is 15.1 Å². The van der Waals surface area contributed by atoms with Gasteiger partial charge in [-0.1, -0.05) is 32.9 Å². The summed E-state index contributed by atoms with van der Waals surface area (Å²) in [5, 5.41) is 8.12. The van der Waals surface area contributed by atoms with Gasteiger partial charge in [0.25, 0.3) is 0 Å². The first kappa shape index (κ1) is 16.2. The fourth-order valence-electron chi connectivity index (χ4n) is 2.17. The molecule has 2 aromatic rings. The zero-order chi connectivity index (χ0) is 16.3. The number of Topliss-reactive ketones (excluding diaryl/α,β-unsaturated/α-hetero) is 1. The number of fused-ring (bicyclic) bond motifs is 1. The van der Waals surface area contributed by atoms with Crippen molar-refractivity contribution in [3.63, 3.8) is 0 Å². The molecule has 2 rings (SSSR count). The summed E-state index contributed by atoms with van der Waals surface area (Å²) in [6, 6.07) is 6.02. The highest BCUT2D eigenvalue weighted by atomic mass is 16.2. The molecule has 1 aromatic carbocycles. The first-order valence-corrected chi connectivity index (χ1v) is 7.50. The predicted molar refractivity (Wildman–Crippen MR) is 86.6 cm³/mol. The van der Waals surface area contributed by atoms with Crippen molar-refractivity contribution in [2.75, 3.05) is 6.54 Å². The fourth-order valence-corrected chi connectivity index (χ4v) is 2.17. The maximum Gasteiger partial charge on any atom is 0.222 e. The van der Waals surface area contributed by atoms with Crippen molar-refractivity contribution in [2.45, 2.75) is 40.7 Å². The summed E-state index contributed by atoms with van der Waals surface area (Å²) in [7, 11) is 0. The third-order valence-electron chi connectivity index (χ3n) is 3.74. The number of aryl methyl sites for hydroxylation is 2. The van der Waals surface area contributed by atoms with Crippen LogP contribution in [0.15, 0.2) is 24.4 Å². The number of amides is 1. The maximum atomic E-state index is 11.9. The molecule has 118 valence electrons. The zero-order valence-corrected chi connectivity index (χ0v) is 13.6. The summed E-state index contributed by atoms with van der Waals surface area (Å²) >= 11 is 0. The maximum absolute atomic E-state index is 11.9. The van der Waals surface area contributed by atoms with E-state index in [1.807, 2.05) is 56.8 Å². The van der Waals surface area contributed by atoms with Crippen molar-refractivity contribution in [3.8, 4) is 0 Å². The van der Waals surface area contributed by atoms with Gasteiger partial charge in [-0.25, -0.2) is 0 Å². The molecule has 0 radical (unpaired) electrons. The van der Waals surface area contributed by atoms with Gasteiger partial charge in [-0.05, 0) is 18.6 Å². The van der Waals surface area contributed by atoms with Crippen LogP contribution in [-0.2, 0) is 16.1 Å². The molecule has 0 fully saturated rings. The Morgan fingerprint density at radius 3 is 2.68 bits per heavy atom. The molecule has 0 saturated heterocycles. The Hall–Kier alpha value is -2.17. The van der Waals surface area contributed by atoms with Crippen LogP contribution in [0.5, 0.6) is 0 Å². The number of carbonyl (C=O) groups is 2. The Labute approximate surface area is 130 Å². The molecule has 5 heteroatoms. The number of aromatic nitrogens is 2. The molecule has 0 spiro atoms. The number of hydrogen-bond donors (Lipinski definition) is 1. The molecule has 1 aromatic heterocycles. The largest absolute Gasteiger partial charge is 0.349 e. The van der Waals surface area contributed by atoms with Crippen molar-refractivity contribution < 1.29 is 9.59 Å². The highest BCUT2D eigenvalue weighted by molar-refractivity contribution is 5.89. The van der Waals surface area contributed by atoms with Gasteiger partial charge in [0.2, 0.25) is 5.91 Å². The lowest BCUT2D eigenvalue weighted by molar-refractivity contribution is -0.129. The van der Waals surface area contributed by atoms with Gasteiger partial charge in [-0.2, -0.15) is 5.10 Å². The number of hydrogen-bond acceptors (Lipinski definition) is 3. The van der Waals surface area contributed by atoms with Crippen molar-refractivity contribution in [2.24, 2.45) is 5.41 Å². The van der Waals surface area contributed by atoms with E-state index in [4.69, 9.17) is 0 Å². The van der Waals surface area contributed by atoms with Gasteiger partial charge < -0.3 is 5.32 Å². The molecule has 0 aliphatic carbocycles. The Bertz CT molecular complexity index is 695.